The molecular weight excluding hydrogens is 288 g/mol. The largest absolute Gasteiger partial charge is 0.464 e. The maximum atomic E-state index is 11.4. The minimum absolute atomic E-state index is 0.248. The average molecular weight is 329 g/mol. The van der Waals surface area contributed by atoms with Crippen molar-refractivity contribution < 1.29 is 14.3 Å². The standard InChI is InChI=1S/C20H40O3/c1-4-6-7-8-9-10-11-12-13-14-15-16-17-18-23-19(3)20(21)22-5-2/h19H,4-18H2,1-3H3. The molecule has 138 valence electrons. The molecule has 1 unspecified atom stereocenters. The molecule has 0 radical (unpaired) electrons. The summed E-state index contributed by atoms with van der Waals surface area (Å²) in [5, 5.41) is 0. The van der Waals surface area contributed by atoms with Gasteiger partial charge in [0.25, 0.3) is 0 Å². The van der Waals surface area contributed by atoms with Gasteiger partial charge in [-0.25, -0.2) is 4.79 Å². The van der Waals surface area contributed by atoms with Crippen LogP contribution in [0.4, 0.5) is 0 Å². The number of hydrogen-bond donors (Lipinski definition) is 0. The first-order chi connectivity index (χ1) is 11.2. The summed E-state index contributed by atoms with van der Waals surface area (Å²) in [4.78, 5) is 11.4. The Hall–Kier alpha value is -0.570. The maximum Gasteiger partial charge on any atom is 0.334 e. The Labute approximate surface area is 144 Å². The van der Waals surface area contributed by atoms with Crippen molar-refractivity contribution in [2.45, 2.75) is 110 Å². The SMILES string of the molecule is CCCCCCCCCCCCCCCOC(C)C(=O)OCC. The molecule has 0 aromatic rings. The number of unbranched alkanes of at least 4 members (excludes halogenated alkanes) is 12. The normalized spacial score (nSPS) is 12.3. The summed E-state index contributed by atoms with van der Waals surface area (Å²) in [5.41, 5.74) is 0. The van der Waals surface area contributed by atoms with Gasteiger partial charge >= 0.3 is 5.97 Å². The van der Waals surface area contributed by atoms with Crippen molar-refractivity contribution >= 4 is 5.97 Å². The lowest BCUT2D eigenvalue weighted by atomic mass is 10.0. The fraction of sp³-hybridized carbons (Fsp3) is 0.950. The fourth-order valence-electron chi connectivity index (χ4n) is 2.71. The Morgan fingerprint density at radius 3 is 1.61 bits per heavy atom. The predicted octanol–water partition coefficient (Wildman–Crippen LogP) is 6.05. The Bertz CT molecular complexity index is 253. The van der Waals surface area contributed by atoms with Gasteiger partial charge in [-0.1, -0.05) is 84.0 Å². The molecule has 3 heteroatoms. The van der Waals surface area contributed by atoms with Crippen LogP contribution in [0.15, 0.2) is 0 Å². The fourth-order valence-corrected chi connectivity index (χ4v) is 2.71. The van der Waals surface area contributed by atoms with Crippen LogP contribution >= 0.6 is 0 Å². The minimum atomic E-state index is -0.424. The predicted molar refractivity (Wildman–Crippen MR) is 97.7 cm³/mol. The number of esters is 1. The van der Waals surface area contributed by atoms with Crippen molar-refractivity contribution in [1.82, 2.24) is 0 Å². The van der Waals surface area contributed by atoms with Crippen LogP contribution in [-0.4, -0.2) is 25.3 Å². The van der Waals surface area contributed by atoms with Gasteiger partial charge in [-0.15, -0.1) is 0 Å². The molecule has 0 saturated heterocycles. The molecule has 0 N–H and O–H groups in total. The molecule has 0 spiro atoms. The summed E-state index contributed by atoms with van der Waals surface area (Å²) in [7, 11) is 0. The second-order valence-electron chi connectivity index (χ2n) is 6.51. The van der Waals surface area contributed by atoms with Crippen LogP contribution in [0.2, 0.25) is 0 Å². The van der Waals surface area contributed by atoms with Gasteiger partial charge in [0.15, 0.2) is 6.10 Å². The molecule has 0 heterocycles. The number of carbonyl (C=O) groups is 1. The first-order valence-corrected chi connectivity index (χ1v) is 10.0. The van der Waals surface area contributed by atoms with Crippen LogP contribution < -0.4 is 0 Å². The first kappa shape index (κ1) is 22.4. The van der Waals surface area contributed by atoms with Gasteiger partial charge in [-0.05, 0) is 20.3 Å². The van der Waals surface area contributed by atoms with Crippen molar-refractivity contribution in [3.8, 4) is 0 Å². The zero-order chi connectivity index (χ0) is 17.2. The van der Waals surface area contributed by atoms with E-state index in [-0.39, 0.29) is 5.97 Å². The first-order valence-electron chi connectivity index (χ1n) is 10.0. The number of rotatable bonds is 17. The smallest absolute Gasteiger partial charge is 0.334 e. The lowest BCUT2D eigenvalue weighted by Crippen LogP contribution is -2.23. The quantitative estimate of drug-likeness (QED) is 0.241. The highest BCUT2D eigenvalue weighted by Crippen LogP contribution is 2.12. The van der Waals surface area contributed by atoms with Gasteiger partial charge < -0.3 is 9.47 Å². The third-order valence-electron chi connectivity index (χ3n) is 4.23. The molecule has 0 bridgehead atoms. The molecule has 0 aromatic heterocycles. The molecule has 1 atom stereocenters. The minimum Gasteiger partial charge on any atom is -0.464 e. The van der Waals surface area contributed by atoms with Crippen LogP contribution in [0.25, 0.3) is 0 Å². The highest BCUT2D eigenvalue weighted by atomic mass is 16.6. The van der Waals surface area contributed by atoms with E-state index in [1.807, 2.05) is 6.92 Å². The molecule has 0 aliphatic carbocycles. The Morgan fingerprint density at radius 2 is 1.17 bits per heavy atom. The van der Waals surface area contributed by atoms with E-state index in [4.69, 9.17) is 9.47 Å². The molecule has 0 fully saturated rings. The second-order valence-corrected chi connectivity index (χ2v) is 6.51. The molecular formula is C20H40O3. The molecule has 3 nitrogen and oxygen atoms in total. The summed E-state index contributed by atoms with van der Waals surface area (Å²) in [6.45, 7) is 6.94. The number of hydrogen-bond acceptors (Lipinski definition) is 3. The molecule has 0 rings (SSSR count). The van der Waals surface area contributed by atoms with Crippen molar-refractivity contribution in [3.05, 3.63) is 0 Å². The molecule has 0 aromatic carbocycles. The zero-order valence-electron chi connectivity index (χ0n) is 15.9. The topological polar surface area (TPSA) is 35.5 Å². The van der Waals surface area contributed by atoms with Crippen LogP contribution in [-0.2, 0) is 14.3 Å². The van der Waals surface area contributed by atoms with E-state index in [2.05, 4.69) is 6.92 Å². The van der Waals surface area contributed by atoms with E-state index in [9.17, 15) is 4.79 Å². The molecule has 0 aliphatic rings. The van der Waals surface area contributed by atoms with E-state index in [0.717, 1.165) is 6.42 Å². The summed E-state index contributed by atoms with van der Waals surface area (Å²) in [6.07, 6.45) is 17.1. The van der Waals surface area contributed by atoms with E-state index in [0.29, 0.717) is 13.2 Å². The maximum absolute atomic E-state index is 11.4. The molecule has 23 heavy (non-hydrogen) atoms. The van der Waals surface area contributed by atoms with Gasteiger partial charge in [0, 0.05) is 6.61 Å². The van der Waals surface area contributed by atoms with Gasteiger partial charge in [-0.2, -0.15) is 0 Å². The Kier molecular flexibility index (Phi) is 17.3. The second kappa shape index (κ2) is 17.8. The van der Waals surface area contributed by atoms with Crippen LogP contribution in [0.1, 0.15) is 104 Å². The lowest BCUT2D eigenvalue weighted by molar-refractivity contribution is -0.155. The zero-order valence-corrected chi connectivity index (χ0v) is 15.9. The van der Waals surface area contributed by atoms with Crippen LogP contribution in [0.3, 0.4) is 0 Å². The van der Waals surface area contributed by atoms with Gasteiger partial charge in [-0.3, -0.25) is 0 Å². The van der Waals surface area contributed by atoms with Gasteiger partial charge in [0.1, 0.15) is 0 Å². The highest BCUT2D eigenvalue weighted by molar-refractivity contribution is 5.74. The Balaban J connectivity index is 3.14. The van der Waals surface area contributed by atoms with Crippen LogP contribution in [0, 0.1) is 0 Å². The van der Waals surface area contributed by atoms with Crippen molar-refractivity contribution in [2.75, 3.05) is 13.2 Å². The summed E-state index contributed by atoms with van der Waals surface area (Å²) < 4.78 is 10.4. The lowest BCUT2D eigenvalue weighted by Gasteiger charge is -2.11. The monoisotopic (exact) mass is 328 g/mol. The van der Waals surface area contributed by atoms with E-state index in [1.54, 1.807) is 6.92 Å². The van der Waals surface area contributed by atoms with Crippen molar-refractivity contribution in [1.29, 1.82) is 0 Å². The van der Waals surface area contributed by atoms with Gasteiger partial charge in [0.05, 0.1) is 6.61 Å². The van der Waals surface area contributed by atoms with E-state index in [1.165, 1.54) is 77.0 Å². The van der Waals surface area contributed by atoms with E-state index >= 15 is 0 Å². The van der Waals surface area contributed by atoms with E-state index < -0.39 is 6.10 Å². The molecule has 0 saturated carbocycles. The van der Waals surface area contributed by atoms with Gasteiger partial charge in [0.2, 0.25) is 0 Å². The summed E-state index contributed by atoms with van der Waals surface area (Å²) in [6, 6.07) is 0. The number of ether oxygens (including phenoxy) is 2. The highest BCUT2D eigenvalue weighted by Gasteiger charge is 2.13. The molecule has 0 amide bonds. The Morgan fingerprint density at radius 1 is 0.739 bits per heavy atom. The summed E-state index contributed by atoms with van der Waals surface area (Å²) >= 11 is 0. The average Bonchev–Trinajstić information content (AvgIpc) is 2.55. The van der Waals surface area contributed by atoms with Crippen molar-refractivity contribution in [2.24, 2.45) is 0 Å². The van der Waals surface area contributed by atoms with Crippen molar-refractivity contribution in [3.63, 3.8) is 0 Å². The summed E-state index contributed by atoms with van der Waals surface area (Å²) in [5.74, 6) is -0.248. The molecule has 0 aliphatic heterocycles. The number of carbonyl (C=O) groups excluding carboxylic acids is 1. The third kappa shape index (κ3) is 16.1. The van der Waals surface area contributed by atoms with Crippen LogP contribution in [0.5, 0.6) is 0 Å². The third-order valence-corrected chi connectivity index (χ3v) is 4.23.